The summed E-state index contributed by atoms with van der Waals surface area (Å²) in [5.41, 5.74) is 4.51. The highest BCUT2D eigenvalue weighted by molar-refractivity contribution is 6.31. The lowest BCUT2D eigenvalue weighted by atomic mass is 9.99. The quantitative estimate of drug-likeness (QED) is 0.254. The minimum absolute atomic E-state index is 0.00654. The molecule has 11 heteroatoms. The number of anilines is 2. The Bertz CT molecular complexity index is 1590. The van der Waals surface area contributed by atoms with Crippen molar-refractivity contribution in [3.8, 4) is 16.9 Å². The van der Waals surface area contributed by atoms with E-state index in [1.54, 1.807) is 29.3 Å². The molecule has 0 bridgehead atoms. The van der Waals surface area contributed by atoms with Crippen LogP contribution in [-0.4, -0.2) is 35.3 Å². The molecule has 2 aliphatic rings. The number of aryl methyl sites for hydroxylation is 1. The van der Waals surface area contributed by atoms with Crippen LogP contribution >= 0.6 is 23.2 Å². The molecule has 1 fully saturated rings. The monoisotopic (exact) mass is 582 g/mol. The van der Waals surface area contributed by atoms with Crippen LogP contribution in [0.5, 0.6) is 5.75 Å². The van der Waals surface area contributed by atoms with Gasteiger partial charge in [0.15, 0.2) is 0 Å². The Morgan fingerprint density at radius 3 is 2.45 bits per heavy atom. The maximum atomic E-state index is 14.0. The molecule has 0 spiro atoms. The first kappa shape index (κ1) is 26.6. The van der Waals surface area contributed by atoms with Crippen molar-refractivity contribution in [1.82, 2.24) is 15.1 Å². The summed E-state index contributed by atoms with van der Waals surface area (Å²) in [6, 6.07) is 12.9. The van der Waals surface area contributed by atoms with Crippen molar-refractivity contribution in [2.45, 2.75) is 25.1 Å². The van der Waals surface area contributed by atoms with Gasteiger partial charge >= 0.3 is 0 Å². The minimum atomic E-state index is -0.533. The van der Waals surface area contributed by atoms with Gasteiger partial charge in [0.2, 0.25) is 0 Å². The fourth-order valence-corrected chi connectivity index (χ4v) is 5.34. The second-order valence-electron chi connectivity index (χ2n) is 9.80. The number of halogens is 4. The van der Waals surface area contributed by atoms with Gasteiger partial charge < -0.3 is 20.3 Å². The summed E-state index contributed by atoms with van der Waals surface area (Å²) >= 11 is 12.2. The number of nitrogens with one attached hydrogen (secondary N) is 2. The first-order chi connectivity index (χ1) is 19.4. The molecule has 1 atom stereocenters. The lowest BCUT2D eigenvalue weighted by molar-refractivity contribution is 0.163. The summed E-state index contributed by atoms with van der Waals surface area (Å²) in [5, 5.41) is 11.2. The molecule has 1 unspecified atom stereocenters. The van der Waals surface area contributed by atoms with Crippen molar-refractivity contribution in [3.63, 3.8) is 0 Å². The number of piperidine rings is 1. The lowest BCUT2D eigenvalue weighted by Crippen LogP contribution is -2.35. The maximum Gasteiger partial charge on any atom is 0.141 e. The van der Waals surface area contributed by atoms with Crippen LogP contribution in [0.3, 0.4) is 0 Å². The fourth-order valence-electron chi connectivity index (χ4n) is 4.98. The van der Waals surface area contributed by atoms with Crippen LogP contribution in [0.4, 0.5) is 25.8 Å². The van der Waals surface area contributed by atoms with Gasteiger partial charge in [-0.25, -0.2) is 13.8 Å². The number of benzene rings is 3. The Kier molecular flexibility index (Phi) is 7.35. The number of aromatic nitrogens is 2. The van der Waals surface area contributed by atoms with E-state index in [1.165, 1.54) is 24.3 Å². The first-order valence-corrected chi connectivity index (χ1v) is 13.6. The van der Waals surface area contributed by atoms with Crippen LogP contribution in [-0.2, 0) is 7.05 Å². The van der Waals surface area contributed by atoms with E-state index in [9.17, 15) is 8.78 Å². The van der Waals surface area contributed by atoms with Crippen molar-refractivity contribution in [3.05, 3.63) is 88.2 Å². The molecule has 206 valence electrons. The molecule has 1 aromatic heterocycles. The molecule has 0 aliphatic carbocycles. The van der Waals surface area contributed by atoms with Crippen molar-refractivity contribution < 1.29 is 13.5 Å². The molecule has 3 aromatic carbocycles. The molecule has 4 aromatic rings. The van der Waals surface area contributed by atoms with Crippen LogP contribution in [0, 0.1) is 11.6 Å². The summed E-state index contributed by atoms with van der Waals surface area (Å²) in [4.78, 5) is 6.59. The molecule has 6 rings (SSSR count). The van der Waals surface area contributed by atoms with Gasteiger partial charge in [0.25, 0.3) is 0 Å². The normalized spacial score (nSPS) is 17.1. The third kappa shape index (κ3) is 5.37. The smallest absolute Gasteiger partial charge is 0.141 e. The molecule has 1 saturated heterocycles. The van der Waals surface area contributed by atoms with E-state index in [2.05, 4.69) is 15.7 Å². The topological polar surface area (TPSA) is 66.7 Å². The number of hydrogen-bond donors (Lipinski definition) is 2. The highest BCUT2D eigenvalue weighted by Gasteiger charge is 2.30. The Morgan fingerprint density at radius 2 is 1.75 bits per heavy atom. The summed E-state index contributed by atoms with van der Waals surface area (Å²) in [6.45, 7) is 1.77. The van der Waals surface area contributed by atoms with Gasteiger partial charge in [-0.3, -0.25) is 4.68 Å². The number of nitrogens with zero attached hydrogens (tertiary/aromatic N) is 4. The average Bonchev–Trinajstić information content (AvgIpc) is 3.39. The maximum absolute atomic E-state index is 14.0. The Hall–Kier alpha value is -3.66. The van der Waals surface area contributed by atoms with Crippen molar-refractivity contribution in [2.24, 2.45) is 12.0 Å². The number of aliphatic imine (C=N–C) groups is 1. The van der Waals surface area contributed by atoms with Crippen molar-refractivity contribution in [1.29, 1.82) is 0 Å². The molecular formula is C29H26Cl2F2N6O. The second kappa shape index (κ2) is 11.1. The van der Waals surface area contributed by atoms with Gasteiger partial charge in [-0.15, -0.1) is 0 Å². The van der Waals surface area contributed by atoms with Gasteiger partial charge in [0.1, 0.15) is 29.7 Å². The van der Waals surface area contributed by atoms with Gasteiger partial charge in [-0.1, -0.05) is 23.2 Å². The van der Waals surface area contributed by atoms with Gasteiger partial charge in [-0.05, 0) is 74.5 Å². The van der Waals surface area contributed by atoms with E-state index >= 15 is 0 Å². The van der Waals surface area contributed by atoms with E-state index in [1.807, 2.05) is 30.3 Å². The van der Waals surface area contributed by atoms with Crippen molar-refractivity contribution >= 4 is 46.6 Å². The molecule has 40 heavy (non-hydrogen) atoms. The SMILES string of the molecule is Cn1cc(-c2cc3c(cc2OC2CCNCC2)C(Nc2ccc(F)c(Cl)c2)N(c2ccc(F)c(Cl)c2)C=N3)cn1. The van der Waals surface area contributed by atoms with Crippen molar-refractivity contribution in [2.75, 3.05) is 23.3 Å². The van der Waals surface area contributed by atoms with Crippen LogP contribution < -0.4 is 20.3 Å². The number of rotatable bonds is 6. The Morgan fingerprint density at radius 1 is 1.00 bits per heavy atom. The predicted molar refractivity (Wildman–Crippen MR) is 155 cm³/mol. The zero-order valence-corrected chi connectivity index (χ0v) is 23.1. The fraction of sp³-hybridized carbons (Fsp3) is 0.241. The summed E-state index contributed by atoms with van der Waals surface area (Å²) in [6.07, 6.45) is 6.69. The van der Waals surface area contributed by atoms with Crippen LogP contribution in [0.15, 0.2) is 65.9 Å². The lowest BCUT2D eigenvalue weighted by Gasteiger charge is -2.36. The molecule has 0 amide bonds. The van der Waals surface area contributed by atoms with E-state index in [-0.39, 0.29) is 16.1 Å². The molecule has 0 radical (unpaired) electrons. The summed E-state index contributed by atoms with van der Waals surface area (Å²) < 4.78 is 36.3. The van der Waals surface area contributed by atoms with Gasteiger partial charge in [0.05, 0.1) is 28.3 Å². The zero-order chi connectivity index (χ0) is 27.8. The highest BCUT2D eigenvalue weighted by atomic mass is 35.5. The molecule has 3 heterocycles. The Balaban J connectivity index is 1.48. The van der Waals surface area contributed by atoms with Crippen LogP contribution in [0.25, 0.3) is 11.1 Å². The Labute approximate surface area is 240 Å². The third-order valence-electron chi connectivity index (χ3n) is 7.04. The summed E-state index contributed by atoms with van der Waals surface area (Å²) in [5.74, 6) is -0.330. The largest absolute Gasteiger partial charge is 0.490 e. The van der Waals surface area contributed by atoms with Gasteiger partial charge in [-0.2, -0.15) is 5.10 Å². The number of hydrogen-bond acceptors (Lipinski definition) is 6. The van der Waals surface area contributed by atoms with E-state index in [0.717, 1.165) is 42.6 Å². The predicted octanol–water partition coefficient (Wildman–Crippen LogP) is 7.09. The molecule has 0 saturated carbocycles. The van der Waals surface area contributed by atoms with Crippen LogP contribution in [0.2, 0.25) is 10.0 Å². The molecule has 7 nitrogen and oxygen atoms in total. The summed E-state index contributed by atoms with van der Waals surface area (Å²) in [7, 11) is 1.87. The minimum Gasteiger partial charge on any atom is -0.490 e. The first-order valence-electron chi connectivity index (χ1n) is 12.9. The zero-order valence-electron chi connectivity index (χ0n) is 21.5. The second-order valence-corrected chi connectivity index (χ2v) is 10.6. The number of fused-ring (bicyclic) bond motifs is 1. The van der Waals surface area contributed by atoms with E-state index in [0.29, 0.717) is 22.8 Å². The molecule has 2 aliphatic heterocycles. The van der Waals surface area contributed by atoms with Crippen LogP contribution in [0.1, 0.15) is 24.6 Å². The van der Waals surface area contributed by atoms with E-state index < -0.39 is 17.8 Å². The average molecular weight is 583 g/mol. The molecular weight excluding hydrogens is 557 g/mol. The van der Waals surface area contributed by atoms with Gasteiger partial charge in [0, 0.05) is 41.3 Å². The highest BCUT2D eigenvalue weighted by Crippen LogP contribution is 2.44. The molecule has 2 N–H and O–H groups in total. The van der Waals surface area contributed by atoms with E-state index in [4.69, 9.17) is 32.9 Å². The standard InChI is InChI=1S/C29H26Cl2F2N6O/c1-38-15-17(14-36-38)21-12-27-22(13-28(21)40-20-6-8-34-9-7-20)29(37-18-2-4-25(32)23(30)10-18)39(16-35-27)19-3-5-26(33)24(31)11-19/h2-5,10-16,20,29,34,37H,6-9H2,1H3. The third-order valence-corrected chi connectivity index (χ3v) is 7.62. The number of ether oxygens (including phenoxy) is 1.